The molecule has 3 aromatic carbocycles. The van der Waals surface area contributed by atoms with Gasteiger partial charge in [-0.3, -0.25) is 9.97 Å². The summed E-state index contributed by atoms with van der Waals surface area (Å²) in [5, 5.41) is 2.48. The van der Waals surface area contributed by atoms with E-state index in [-0.39, 0.29) is 0 Å². The molecule has 6 rings (SSSR count). The second-order valence-electron chi connectivity index (χ2n) is 7.62. The molecule has 3 nitrogen and oxygen atoms in total. The van der Waals surface area contributed by atoms with Crippen LogP contribution in [0.15, 0.2) is 116 Å². The third-order valence-electron chi connectivity index (χ3n) is 5.77. The Bertz CT molecular complexity index is 1410. The predicted molar refractivity (Wildman–Crippen MR) is 127 cm³/mol. The van der Waals surface area contributed by atoms with Crippen molar-refractivity contribution in [1.29, 1.82) is 0 Å². The molecule has 0 N–H and O–H groups in total. The summed E-state index contributed by atoms with van der Waals surface area (Å²) in [6.07, 6.45) is 7.44. The van der Waals surface area contributed by atoms with Gasteiger partial charge in [-0.15, -0.1) is 0 Å². The molecule has 146 valence electrons. The molecular formula is C28H19N3. The SMILES string of the molecule is c1ccc(-n2c3cc(-c4cccnc4)ccc3c3ccc(-c4cccnc4)cc32)cc1. The summed E-state index contributed by atoms with van der Waals surface area (Å²) in [7, 11) is 0. The fourth-order valence-corrected chi connectivity index (χ4v) is 4.30. The van der Waals surface area contributed by atoms with Crippen molar-refractivity contribution in [2.45, 2.75) is 0 Å². The van der Waals surface area contributed by atoms with Crippen molar-refractivity contribution in [3.05, 3.63) is 116 Å². The van der Waals surface area contributed by atoms with Gasteiger partial charge in [0.15, 0.2) is 0 Å². The lowest BCUT2D eigenvalue weighted by atomic mass is 10.0. The minimum absolute atomic E-state index is 1.12. The molecule has 0 fully saturated rings. The van der Waals surface area contributed by atoms with E-state index in [1.807, 2.05) is 36.9 Å². The van der Waals surface area contributed by atoms with Crippen molar-refractivity contribution in [3.8, 4) is 27.9 Å². The van der Waals surface area contributed by atoms with Gasteiger partial charge in [-0.05, 0) is 47.5 Å². The third-order valence-corrected chi connectivity index (χ3v) is 5.77. The van der Waals surface area contributed by atoms with E-state index in [0.717, 1.165) is 27.9 Å². The van der Waals surface area contributed by atoms with Gasteiger partial charge in [0.2, 0.25) is 0 Å². The van der Waals surface area contributed by atoms with E-state index >= 15 is 0 Å². The van der Waals surface area contributed by atoms with Crippen LogP contribution in [0, 0.1) is 0 Å². The number of hydrogen-bond acceptors (Lipinski definition) is 2. The number of nitrogens with zero attached hydrogens (tertiary/aromatic N) is 3. The van der Waals surface area contributed by atoms with Crippen molar-refractivity contribution in [1.82, 2.24) is 14.5 Å². The highest BCUT2D eigenvalue weighted by molar-refractivity contribution is 6.11. The Morgan fingerprint density at radius 3 is 1.52 bits per heavy atom. The van der Waals surface area contributed by atoms with Gasteiger partial charge in [0.1, 0.15) is 0 Å². The maximum absolute atomic E-state index is 4.30. The number of pyridine rings is 2. The van der Waals surface area contributed by atoms with E-state index in [1.165, 1.54) is 21.8 Å². The Morgan fingerprint density at radius 2 is 1.03 bits per heavy atom. The van der Waals surface area contributed by atoms with Crippen molar-refractivity contribution >= 4 is 21.8 Å². The molecule has 0 aliphatic heterocycles. The number of aromatic nitrogens is 3. The normalized spacial score (nSPS) is 11.2. The zero-order valence-electron chi connectivity index (χ0n) is 16.8. The van der Waals surface area contributed by atoms with Crippen LogP contribution in [0.4, 0.5) is 0 Å². The van der Waals surface area contributed by atoms with E-state index in [4.69, 9.17) is 0 Å². The highest BCUT2D eigenvalue weighted by Gasteiger charge is 2.14. The van der Waals surface area contributed by atoms with Crippen LogP contribution < -0.4 is 0 Å². The molecule has 0 bridgehead atoms. The highest BCUT2D eigenvalue weighted by atomic mass is 15.0. The fraction of sp³-hybridized carbons (Fsp3) is 0. The second kappa shape index (κ2) is 7.22. The molecule has 0 aliphatic rings. The molecule has 3 heterocycles. The quantitative estimate of drug-likeness (QED) is 0.325. The first-order valence-corrected chi connectivity index (χ1v) is 10.3. The van der Waals surface area contributed by atoms with Gasteiger partial charge in [-0.2, -0.15) is 0 Å². The number of para-hydroxylation sites is 1. The van der Waals surface area contributed by atoms with Crippen molar-refractivity contribution in [3.63, 3.8) is 0 Å². The molecule has 31 heavy (non-hydrogen) atoms. The van der Waals surface area contributed by atoms with Crippen LogP contribution in [-0.4, -0.2) is 14.5 Å². The first-order valence-electron chi connectivity index (χ1n) is 10.3. The zero-order chi connectivity index (χ0) is 20.6. The van der Waals surface area contributed by atoms with Crippen LogP contribution in [0.2, 0.25) is 0 Å². The zero-order valence-corrected chi connectivity index (χ0v) is 16.8. The number of rotatable bonds is 3. The number of hydrogen-bond donors (Lipinski definition) is 0. The number of benzene rings is 3. The summed E-state index contributed by atoms with van der Waals surface area (Å²) in [6.45, 7) is 0. The molecule has 3 heteroatoms. The summed E-state index contributed by atoms with van der Waals surface area (Å²) in [4.78, 5) is 8.59. The topological polar surface area (TPSA) is 30.7 Å². The van der Waals surface area contributed by atoms with Gasteiger partial charge in [-0.25, -0.2) is 0 Å². The van der Waals surface area contributed by atoms with E-state index < -0.39 is 0 Å². The van der Waals surface area contributed by atoms with E-state index in [9.17, 15) is 0 Å². The molecule has 0 spiro atoms. The first-order chi connectivity index (χ1) is 15.4. The largest absolute Gasteiger partial charge is 0.309 e. The van der Waals surface area contributed by atoms with Crippen LogP contribution in [0.25, 0.3) is 49.7 Å². The first kappa shape index (κ1) is 17.6. The van der Waals surface area contributed by atoms with Gasteiger partial charge in [0, 0.05) is 52.4 Å². The third kappa shape index (κ3) is 2.99. The smallest absolute Gasteiger partial charge is 0.0547 e. The lowest BCUT2D eigenvalue weighted by Gasteiger charge is -2.09. The van der Waals surface area contributed by atoms with Crippen LogP contribution in [0.1, 0.15) is 0 Å². The van der Waals surface area contributed by atoms with E-state index in [0.29, 0.717) is 0 Å². The van der Waals surface area contributed by atoms with Gasteiger partial charge >= 0.3 is 0 Å². The van der Waals surface area contributed by atoms with Crippen LogP contribution in [-0.2, 0) is 0 Å². The molecular weight excluding hydrogens is 378 g/mol. The van der Waals surface area contributed by atoms with Gasteiger partial charge in [-0.1, -0.05) is 54.6 Å². The summed E-state index contributed by atoms with van der Waals surface area (Å²) >= 11 is 0. The maximum Gasteiger partial charge on any atom is 0.0547 e. The summed E-state index contributed by atoms with van der Waals surface area (Å²) < 4.78 is 2.35. The van der Waals surface area contributed by atoms with Crippen molar-refractivity contribution in [2.75, 3.05) is 0 Å². The molecule has 0 atom stereocenters. The van der Waals surface area contributed by atoms with Crippen LogP contribution >= 0.6 is 0 Å². The fourth-order valence-electron chi connectivity index (χ4n) is 4.30. The average Bonchev–Trinajstić information content (AvgIpc) is 3.18. The van der Waals surface area contributed by atoms with Crippen molar-refractivity contribution < 1.29 is 0 Å². The molecule has 0 unspecified atom stereocenters. The summed E-state index contributed by atoms with van der Waals surface area (Å²) in [5.41, 5.74) is 8.07. The molecule has 0 radical (unpaired) electrons. The Hall–Kier alpha value is -4.24. The standard InChI is InChI=1S/C28H19N3/c1-2-8-24(9-3-1)31-27-16-20(22-6-4-14-29-18-22)10-12-25(27)26-13-11-21(17-28(26)31)23-7-5-15-30-19-23/h1-19H. The minimum atomic E-state index is 1.12. The Morgan fingerprint density at radius 1 is 0.484 bits per heavy atom. The van der Waals surface area contributed by atoms with Gasteiger partial charge in [0.25, 0.3) is 0 Å². The van der Waals surface area contributed by atoms with Crippen LogP contribution in [0.5, 0.6) is 0 Å². The Balaban J connectivity index is 1.68. The lowest BCUT2D eigenvalue weighted by molar-refractivity contribution is 1.18. The summed E-state index contributed by atoms with van der Waals surface area (Å²) in [5.74, 6) is 0. The predicted octanol–water partition coefficient (Wildman–Crippen LogP) is 6.91. The van der Waals surface area contributed by atoms with Gasteiger partial charge in [0.05, 0.1) is 11.0 Å². The van der Waals surface area contributed by atoms with Gasteiger partial charge < -0.3 is 4.57 Å². The highest BCUT2D eigenvalue weighted by Crippen LogP contribution is 2.36. The molecule has 6 aromatic rings. The van der Waals surface area contributed by atoms with Crippen molar-refractivity contribution in [2.24, 2.45) is 0 Å². The maximum atomic E-state index is 4.30. The molecule has 0 saturated heterocycles. The van der Waals surface area contributed by atoms with E-state index in [2.05, 4.69) is 93.4 Å². The number of fused-ring (bicyclic) bond motifs is 3. The second-order valence-corrected chi connectivity index (χ2v) is 7.62. The molecule has 0 saturated carbocycles. The molecule has 0 amide bonds. The monoisotopic (exact) mass is 397 g/mol. The van der Waals surface area contributed by atoms with Crippen LogP contribution in [0.3, 0.4) is 0 Å². The van der Waals surface area contributed by atoms with E-state index in [1.54, 1.807) is 0 Å². The average molecular weight is 397 g/mol. The minimum Gasteiger partial charge on any atom is -0.309 e. The molecule has 0 aliphatic carbocycles. The Labute approximate surface area is 180 Å². The Kier molecular flexibility index (Phi) is 4.10. The summed E-state index contributed by atoms with van der Waals surface area (Å²) in [6, 6.07) is 32.1. The lowest BCUT2D eigenvalue weighted by Crippen LogP contribution is -1.94. The molecule has 3 aromatic heterocycles.